The number of benzene rings is 1. The van der Waals surface area contributed by atoms with Crippen molar-refractivity contribution in [1.29, 1.82) is 0 Å². The van der Waals surface area contributed by atoms with Crippen LogP contribution in [0, 0.1) is 12.3 Å². The van der Waals surface area contributed by atoms with Crippen molar-refractivity contribution in [3.63, 3.8) is 0 Å². The normalized spacial score (nSPS) is 11.1. The zero-order valence-electron chi connectivity index (χ0n) is 12.0. The van der Waals surface area contributed by atoms with Gasteiger partial charge in [-0.3, -0.25) is 0 Å². The molecular formula is C15H18N2O4. The smallest absolute Gasteiger partial charge is 0.337 e. The lowest BCUT2D eigenvalue weighted by atomic mass is 10.1. The van der Waals surface area contributed by atoms with Gasteiger partial charge < -0.3 is 20.5 Å². The van der Waals surface area contributed by atoms with Gasteiger partial charge in [-0.05, 0) is 18.6 Å². The van der Waals surface area contributed by atoms with Crippen LogP contribution >= 0.6 is 0 Å². The molecule has 2 amide bonds. The highest BCUT2D eigenvalue weighted by atomic mass is 16.5. The summed E-state index contributed by atoms with van der Waals surface area (Å²) in [4.78, 5) is 23.1. The summed E-state index contributed by atoms with van der Waals surface area (Å²) in [6.45, 7) is 1.90. The lowest BCUT2D eigenvalue weighted by molar-refractivity contribution is 0.0698. The van der Waals surface area contributed by atoms with Crippen molar-refractivity contribution in [3.8, 4) is 18.1 Å². The van der Waals surface area contributed by atoms with Crippen LogP contribution in [-0.2, 0) is 0 Å². The molecule has 0 bridgehead atoms. The highest BCUT2D eigenvalue weighted by molar-refractivity contribution is 6.00. The molecule has 0 aliphatic carbocycles. The van der Waals surface area contributed by atoms with Gasteiger partial charge in [0.05, 0.1) is 18.4 Å². The van der Waals surface area contributed by atoms with Gasteiger partial charge in [-0.1, -0.05) is 6.92 Å². The van der Waals surface area contributed by atoms with Crippen LogP contribution in [0.5, 0.6) is 5.75 Å². The van der Waals surface area contributed by atoms with Gasteiger partial charge in [-0.25, -0.2) is 9.59 Å². The van der Waals surface area contributed by atoms with Gasteiger partial charge in [0, 0.05) is 18.5 Å². The van der Waals surface area contributed by atoms with E-state index in [9.17, 15) is 9.59 Å². The Kier molecular flexibility index (Phi) is 6.08. The van der Waals surface area contributed by atoms with E-state index in [0.29, 0.717) is 18.6 Å². The number of ether oxygens (including phenoxy) is 1. The third kappa shape index (κ3) is 4.73. The molecule has 21 heavy (non-hydrogen) atoms. The maximum absolute atomic E-state index is 11.9. The monoisotopic (exact) mass is 290 g/mol. The lowest BCUT2D eigenvalue weighted by Gasteiger charge is -2.16. The molecule has 0 radical (unpaired) electrons. The summed E-state index contributed by atoms with van der Waals surface area (Å²) < 4.78 is 5.02. The van der Waals surface area contributed by atoms with E-state index in [-0.39, 0.29) is 17.3 Å². The van der Waals surface area contributed by atoms with Gasteiger partial charge in [0.25, 0.3) is 0 Å². The molecule has 1 aromatic carbocycles. The number of hydrogen-bond acceptors (Lipinski definition) is 3. The number of urea groups is 1. The highest BCUT2D eigenvalue weighted by Crippen LogP contribution is 2.22. The third-order valence-electron chi connectivity index (χ3n) is 2.90. The minimum absolute atomic E-state index is 0.0176. The summed E-state index contributed by atoms with van der Waals surface area (Å²) in [7, 11) is 1.46. The molecule has 0 aliphatic rings. The topological polar surface area (TPSA) is 87.7 Å². The largest absolute Gasteiger partial charge is 0.497 e. The van der Waals surface area contributed by atoms with Crippen LogP contribution in [0.25, 0.3) is 0 Å². The van der Waals surface area contributed by atoms with E-state index in [1.165, 1.54) is 25.3 Å². The van der Waals surface area contributed by atoms with Gasteiger partial charge in [-0.2, -0.15) is 0 Å². The summed E-state index contributed by atoms with van der Waals surface area (Å²) in [6, 6.07) is 3.67. The summed E-state index contributed by atoms with van der Waals surface area (Å²) in [6.07, 6.45) is 6.31. The number of methoxy groups -OCH3 is 1. The number of anilines is 1. The van der Waals surface area contributed by atoms with Crippen LogP contribution in [0.2, 0.25) is 0 Å². The minimum Gasteiger partial charge on any atom is -0.497 e. The molecule has 0 fully saturated rings. The van der Waals surface area contributed by atoms with Gasteiger partial charge in [0.2, 0.25) is 0 Å². The second kappa shape index (κ2) is 7.80. The summed E-state index contributed by atoms with van der Waals surface area (Å²) >= 11 is 0. The molecule has 0 heterocycles. The number of hydrogen-bond donors (Lipinski definition) is 3. The molecule has 0 saturated heterocycles. The fourth-order valence-electron chi connectivity index (χ4n) is 1.72. The minimum atomic E-state index is -1.14. The SMILES string of the molecule is C#CCC(CC)NC(=O)Nc1cc(OC)ccc1C(=O)O. The van der Waals surface area contributed by atoms with E-state index in [1.807, 2.05) is 6.92 Å². The Morgan fingerprint density at radius 2 is 2.19 bits per heavy atom. The molecule has 0 aliphatic heterocycles. The standard InChI is InChI=1S/C15H18N2O4/c1-4-6-10(5-2)16-15(20)17-13-9-11(21-3)7-8-12(13)14(18)19/h1,7-10H,5-6H2,2-3H3,(H,18,19)(H2,16,17,20). The number of aromatic carboxylic acids is 1. The lowest BCUT2D eigenvalue weighted by Crippen LogP contribution is -2.37. The number of carboxylic acid groups (broad SMARTS) is 1. The van der Waals surface area contributed by atoms with E-state index in [1.54, 1.807) is 0 Å². The van der Waals surface area contributed by atoms with Crippen molar-refractivity contribution >= 4 is 17.7 Å². The van der Waals surface area contributed by atoms with E-state index in [2.05, 4.69) is 16.6 Å². The Bertz CT molecular complexity index is 563. The van der Waals surface area contributed by atoms with Gasteiger partial charge in [-0.15, -0.1) is 12.3 Å². The molecule has 0 spiro atoms. The van der Waals surface area contributed by atoms with E-state index < -0.39 is 12.0 Å². The van der Waals surface area contributed by atoms with E-state index in [4.69, 9.17) is 16.3 Å². The first-order chi connectivity index (χ1) is 10.0. The summed E-state index contributed by atoms with van der Waals surface area (Å²) in [5.74, 6) is 1.79. The van der Waals surface area contributed by atoms with Gasteiger partial charge in [0.15, 0.2) is 0 Å². The molecule has 1 atom stereocenters. The average molecular weight is 290 g/mol. The first kappa shape index (κ1) is 16.4. The zero-order chi connectivity index (χ0) is 15.8. The Morgan fingerprint density at radius 3 is 2.71 bits per heavy atom. The molecule has 3 N–H and O–H groups in total. The van der Waals surface area contributed by atoms with E-state index >= 15 is 0 Å². The highest BCUT2D eigenvalue weighted by Gasteiger charge is 2.15. The van der Waals surface area contributed by atoms with Gasteiger partial charge in [0.1, 0.15) is 5.75 Å². The molecule has 1 rings (SSSR count). The van der Waals surface area contributed by atoms with Gasteiger partial charge >= 0.3 is 12.0 Å². The number of nitrogens with one attached hydrogen (secondary N) is 2. The molecule has 1 unspecified atom stereocenters. The van der Waals surface area contributed by atoms with Crippen molar-refractivity contribution < 1.29 is 19.4 Å². The Hall–Kier alpha value is -2.68. The molecular weight excluding hydrogens is 272 g/mol. The number of carbonyl (C=O) groups is 2. The van der Waals surface area contributed by atoms with Crippen LogP contribution in [0.4, 0.5) is 10.5 Å². The quantitative estimate of drug-likeness (QED) is 0.702. The third-order valence-corrected chi connectivity index (χ3v) is 2.90. The number of rotatable bonds is 6. The molecule has 112 valence electrons. The number of carbonyl (C=O) groups excluding carboxylic acids is 1. The summed E-state index contributed by atoms with van der Waals surface area (Å²) in [5.41, 5.74) is 0.144. The predicted molar refractivity (Wildman–Crippen MR) is 79.6 cm³/mol. The molecule has 6 nitrogen and oxygen atoms in total. The first-order valence-corrected chi connectivity index (χ1v) is 6.44. The first-order valence-electron chi connectivity index (χ1n) is 6.44. The summed E-state index contributed by atoms with van der Waals surface area (Å²) in [5, 5.41) is 14.3. The van der Waals surface area contributed by atoms with E-state index in [0.717, 1.165) is 0 Å². The predicted octanol–water partition coefficient (Wildman–Crippen LogP) is 2.32. The molecule has 0 aromatic heterocycles. The maximum atomic E-state index is 11.9. The molecule has 1 aromatic rings. The van der Waals surface area contributed by atoms with Crippen molar-refractivity contribution in [2.24, 2.45) is 0 Å². The fourth-order valence-corrected chi connectivity index (χ4v) is 1.72. The van der Waals surface area contributed by atoms with Crippen LogP contribution < -0.4 is 15.4 Å². The second-order valence-electron chi connectivity index (χ2n) is 4.33. The second-order valence-corrected chi connectivity index (χ2v) is 4.33. The Morgan fingerprint density at radius 1 is 1.48 bits per heavy atom. The Labute approximate surface area is 123 Å². The van der Waals surface area contributed by atoms with Crippen LogP contribution in [0.3, 0.4) is 0 Å². The number of amides is 2. The Balaban J connectivity index is 2.88. The van der Waals surface area contributed by atoms with Crippen LogP contribution in [0.15, 0.2) is 18.2 Å². The molecule has 6 heteroatoms. The number of terminal acetylenes is 1. The maximum Gasteiger partial charge on any atom is 0.337 e. The average Bonchev–Trinajstić information content (AvgIpc) is 2.46. The van der Waals surface area contributed by atoms with Crippen LogP contribution in [-0.4, -0.2) is 30.3 Å². The van der Waals surface area contributed by atoms with Crippen molar-refractivity contribution in [3.05, 3.63) is 23.8 Å². The zero-order valence-corrected chi connectivity index (χ0v) is 12.0. The number of carboxylic acids is 1. The van der Waals surface area contributed by atoms with Crippen molar-refractivity contribution in [2.75, 3.05) is 12.4 Å². The van der Waals surface area contributed by atoms with Crippen molar-refractivity contribution in [2.45, 2.75) is 25.8 Å². The van der Waals surface area contributed by atoms with Crippen molar-refractivity contribution in [1.82, 2.24) is 5.32 Å². The molecule has 0 saturated carbocycles. The fraction of sp³-hybridized carbons (Fsp3) is 0.333. The van der Waals surface area contributed by atoms with Crippen LogP contribution in [0.1, 0.15) is 30.1 Å².